The number of ether oxygens (including phenoxy) is 1. The van der Waals surface area contributed by atoms with Crippen molar-refractivity contribution in [3.63, 3.8) is 0 Å². The highest BCUT2D eigenvalue weighted by Gasteiger charge is 2.18. The van der Waals surface area contributed by atoms with Crippen molar-refractivity contribution in [2.75, 3.05) is 18.9 Å². The van der Waals surface area contributed by atoms with Crippen LogP contribution in [0.2, 0.25) is 0 Å². The van der Waals surface area contributed by atoms with Gasteiger partial charge in [0.05, 0.1) is 0 Å². The van der Waals surface area contributed by atoms with Crippen molar-refractivity contribution in [2.24, 2.45) is 5.92 Å². The molecule has 1 aliphatic rings. The zero-order chi connectivity index (χ0) is 11.7. The number of nitrogens with two attached hydrogens (primary N) is 1. The molecule has 1 aliphatic heterocycles. The maximum atomic E-state index is 5.96. The van der Waals surface area contributed by atoms with Gasteiger partial charge in [0.25, 0.3) is 0 Å². The number of hydrogen-bond acceptors (Lipinski definition) is 4. The number of hydrogen-bond donors (Lipinski definition) is 1. The van der Waals surface area contributed by atoms with Crippen LogP contribution in [-0.2, 0) is 11.2 Å². The summed E-state index contributed by atoms with van der Waals surface area (Å²) in [6.45, 7) is 1.71. The van der Waals surface area contributed by atoms with Crippen LogP contribution in [0.1, 0.15) is 18.7 Å². The van der Waals surface area contributed by atoms with Crippen LogP contribution in [0, 0.1) is 5.92 Å². The molecule has 1 saturated heterocycles. The minimum Gasteiger partial charge on any atom is -0.385 e. The maximum Gasteiger partial charge on any atom is 0.162 e. The quantitative estimate of drug-likeness (QED) is 0.847. The van der Waals surface area contributed by atoms with Gasteiger partial charge in [-0.15, -0.1) is 10.2 Å². The molecule has 0 amide bonds. The van der Waals surface area contributed by atoms with Crippen molar-refractivity contribution in [3.05, 3.63) is 24.0 Å². The van der Waals surface area contributed by atoms with Crippen LogP contribution in [0.5, 0.6) is 0 Å². The molecule has 3 rings (SSSR count). The lowest BCUT2D eigenvalue weighted by atomic mass is 9.98. The van der Waals surface area contributed by atoms with Crippen molar-refractivity contribution < 1.29 is 4.74 Å². The normalized spacial score (nSPS) is 20.8. The highest BCUT2D eigenvalue weighted by molar-refractivity contribution is 5.47. The molecular formula is C12H16N4O. The Bertz CT molecular complexity index is 516. The molecule has 90 valence electrons. The summed E-state index contributed by atoms with van der Waals surface area (Å²) >= 11 is 0. The second kappa shape index (κ2) is 4.33. The second-order valence-corrected chi connectivity index (χ2v) is 4.55. The first-order valence-electron chi connectivity index (χ1n) is 6.01. The molecule has 1 unspecified atom stereocenters. The molecule has 5 heteroatoms. The van der Waals surface area contributed by atoms with Crippen LogP contribution in [0.15, 0.2) is 18.2 Å². The molecule has 0 radical (unpaired) electrons. The van der Waals surface area contributed by atoms with Crippen molar-refractivity contribution >= 4 is 11.5 Å². The van der Waals surface area contributed by atoms with E-state index in [1.54, 1.807) is 0 Å². The van der Waals surface area contributed by atoms with Crippen LogP contribution in [0.25, 0.3) is 5.65 Å². The first-order chi connectivity index (χ1) is 8.34. The third-order valence-electron chi connectivity index (χ3n) is 3.25. The van der Waals surface area contributed by atoms with Gasteiger partial charge < -0.3 is 10.5 Å². The Morgan fingerprint density at radius 1 is 1.41 bits per heavy atom. The van der Waals surface area contributed by atoms with Crippen molar-refractivity contribution in [3.8, 4) is 0 Å². The molecule has 0 aliphatic carbocycles. The number of fused-ring (bicyclic) bond motifs is 1. The van der Waals surface area contributed by atoms with E-state index in [0.29, 0.717) is 11.7 Å². The molecule has 0 aromatic carbocycles. The molecule has 3 heterocycles. The average molecular weight is 232 g/mol. The van der Waals surface area contributed by atoms with Gasteiger partial charge in [-0.3, -0.25) is 4.40 Å². The summed E-state index contributed by atoms with van der Waals surface area (Å²) < 4.78 is 7.41. The van der Waals surface area contributed by atoms with E-state index in [1.165, 1.54) is 6.42 Å². The number of aromatic nitrogens is 3. The van der Waals surface area contributed by atoms with Gasteiger partial charge in [-0.2, -0.15) is 0 Å². The van der Waals surface area contributed by atoms with E-state index in [1.807, 2.05) is 22.6 Å². The fourth-order valence-electron chi connectivity index (χ4n) is 2.39. The van der Waals surface area contributed by atoms with E-state index < -0.39 is 0 Å². The molecule has 0 bridgehead atoms. The predicted molar refractivity (Wildman–Crippen MR) is 64.6 cm³/mol. The van der Waals surface area contributed by atoms with Crippen LogP contribution in [0.4, 0.5) is 5.82 Å². The summed E-state index contributed by atoms with van der Waals surface area (Å²) in [5.41, 5.74) is 6.77. The zero-order valence-electron chi connectivity index (χ0n) is 9.67. The first kappa shape index (κ1) is 10.5. The Hall–Kier alpha value is -1.62. The smallest absolute Gasteiger partial charge is 0.162 e. The molecule has 2 aromatic heterocycles. The Balaban J connectivity index is 1.89. The molecule has 1 fully saturated rings. The van der Waals surface area contributed by atoms with E-state index in [2.05, 4.69) is 10.2 Å². The van der Waals surface area contributed by atoms with Crippen LogP contribution < -0.4 is 5.73 Å². The maximum absolute atomic E-state index is 5.96. The van der Waals surface area contributed by atoms with E-state index in [9.17, 15) is 0 Å². The van der Waals surface area contributed by atoms with Crippen molar-refractivity contribution in [1.82, 2.24) is 14.6 Å². The molecule has 1 atom stereocenters. The molecule has 2 N–H and O–H groups in total. The van der Waals surface area contributed by atoms with Crippen molar-refractivity contribution in [2.45, 2.75) is 19.3 Å². The SMILES string of the molecule is Nc1cccc2nnc(CC3CCCOC3)n12. The Morgan fingerprint density at radius 2 is 2.35 bits per heavy atom. The minimum atomic E-state index is 0.538. The van der Waals surface area contributed by atoms with Crippen molar-refractivity contribution in [1.29, 1.82) is 0 Å². The van der Waals surface area contributed by atoms with Crippen LogP contribution in [0.3, 0.4) is 0 Å². The minimum absolute atomic E-state index is 0.538. The van der Waals surface area contributed by atoms with E-state index in [0.717, 1.165) is 37.5 Å². The molecule has 5 nitrogen and oxygen atoms in total. The van der Waals surface area contributed by atoms with E-state index in [-0.39, 0.29) is 0 Å². The third-order valence-corrected chi connectivity index (χ3v) is 3.25. The van der Waals surface area contributed by atoms with E-state index in [4.69, 9.17) is 10.5 Å². The van der Waals surface area contributed by atoms with Gasteiger partial charge in [0, 0.05) is 19.6 Å². The Kier molecular flexibility index (Phi) is 2.68. The molecule has 0 spiro atoms. The monoisotopic (exact) mass is 232 g/mol. The topological polar surface area (TPSA) is 65.4 Å². The molecule has 2 aromatic rings. The summed E-state index contributed by atoms with van der Waals surface area (Å²) in [7, 11) is 0. The number of nitrogens with zero attached hydrogens (tertiary/aromatic N) is 3. The average Bonchev–Trinajstić information content (AvgIpc) is 2.75. The van der Waals surface area contributed by atoms with Gasteiger partial charge in [0.15, 0.2) is 5.65 Å². The number of pyridine rings is 1. The highest BCUT2D eigenvalue weighted by atomic mass is 16.5. The molecule has 17 heavy (non-hydrogen) atoms. The highest BCUT2D eigenvalue weighted by Crippen LogP contribution is 2.19. The summed E-state index contributed by atoms with van der Waals surface area (Å²) in [5, 5.41) is 8.36. The largest absolute Gasteiger partial charge is 0.385 e. The lowest BCUT2D eigenvalue weighted by Crippen LogP contribution is -2.20. The summed E-state index contributed by atoms with van der Waals surface area (Å²) in [5.74, 6) is 2.17. The fourth-order valence-corrected chi connectivity index (χ4v) is 2.39. The number of rotatable bonds is 2. The van der Waals surface area contributed by atoms with Gasteiger partial charge in [0.2, 0.25) is 0 Å². The van der Waals surface area contributed by atoms with Crippen LogP contribution >= 0.6 is 0 Å². The molecular weight excluding hydrogens is 216 g/mol. The molecule has 0 saturated carbocycles. The lowest BCUT2D eigenvalue weighted by molar-refractivity contribution is 0.0542. The third kappa shape index (κ3) is 1.98. The van der Waals surface area contributed by atoms with Gasteiger partial charge in [-0.25, -0.2) is 0 Å². The van der Waals surface area contributed by atoms with Crippen LogP contribution in [-0.4, -0.2) is 27.8 Å². The fraction of sp³-hybridized carbons (Fsp3) is 0.500. The Morgan fingerprint density at radius 3 is 3.18 bits per heavy atom. The summed E-state index contributed by atoms with van der Waals surface area (Å²) in [6.07, 6.45) is 3.22. The predicted octanol–water partition coefficient (Wildman–Crippen LogP) is 1.28. The van der Waals surface area contributed by atoms with Gasteiger partial charge in [0.1, 0.15) is 11.6 Å². The standard InChI is InChI=1S/C12H16N4O/c13-10-4-1-5-11-14-15-12(16(10)11)7-9-3-2-6-17-8-9/h1,4-5,9H,2-3,6-8,13H2. The Labute approximate surface area is 99.6 Å². The van der Waals surface area contributed by atoms with Gasteiger partial charge >= 0.3 is 0 Å². The second-order valence-electron chi connectivity index (χ2n) is 4.55. The summed E-state index contributed by atoms with van der Waals surface area (Å²) in [4.78, 5) is 0. The first-order valence-corrected chi connectivity index (χ1v) is 6.01. The van der Waals surface area contributed by atoms with Gasteiger partial charge in [-0.05, 0) is 30.9 Å². The van der Waals surface area contributed by atoms with Gasteiger partial charge in [-0.1, -0.05) is 6.07 Å². The number of anilines is 1. The number of nitrogen functional groups attached to an aromatic ring is 1. The van der Waals surface area contributed by atoms with E-state index >= 15 is 0 Å². The summed E-state index contributed by atoms with van der Waals surface area (Å²) in [6, 6.07) is 5.69. The zero-order valence-corrected chi connectivity index (χ0v) is 9.67. The lowest BCUT2D eigenvalue weighted by Gasteiger charge is -2.21.